The molecule has 4 atom stereocenters. The molecule has 1 aliphatic heterocycles. The van der Waals surface area contributed by atoms with E-state index in [-0.39, 0.29) is 13.2 Å². The second kappa shape index (κ2) is 9.93. The Kier molecular flexibility index (Phi) is 7.62. The third-order valence-electron chi connectivity index (χ3n) is 3.93. The van der Waals surface area contributed by atoms with Crippen molar-refractivity contribution in [3.8, 4) is 11.5 Å². The number of esters is 3. The normalized spacial score (nSPS) is 23.6. The van der Waals surface area contributed by atoms with Gasteiger partial charge in [0.15, 0.2) is 12.2 Å². The highest BCUT2D eigenvalue weighted by Gasteiger charge is 2.49. The lowest BCUT2D eigenvalue weighted by Crippen LogP contribution is -2.42. The van der Waals surface area contributed by atoms with E-state index in [9.17, 15) is 14.4 Å². The second-order valence-electron chi connectivity index (χ2n) is 6.15. The van der Waals surface area contributed by atoms with Crippen molar-refractivity contribution in [2.45, 2.75) is 45.2 Å². The van der Waals surface area contributed by atoms with Gasteiger partial charge in [0.25, 0.3) is 0 Å². The molecule has 9 heteroatoms. The van der Waals surface area contributed by atoms with E-state index in [2.05, 4.69) is 0 Å². The molecule has 0 saturated carbocycles. The van der Waals surface area contributed by atoms with Crippen molar-refractivity contribution in [1.29, 1.82) is 0 Å². The molecule has 1 aromatic carbocycles. The maximum Gasteiger partial charge on any atom is 0.303 e. The van der Waals surface area contributed by atoms with Gasteiger partial charge in [0.2, 0.25) is 0 Å². The summed E-state index contributed by atoms with van der Waals surface area (Å²) in [6.45, 7) is 3.60. The fraction of sp³-hybridized carbons (Fsp3) is 0.526. The van der Waals surface area contributed by atoms with Gasteiger partial charge in [-0.05, 0) is 24.3 Å². The highest BCUT2D eigenvalue weighted by atomic mass is 16.7. The van der Waals surface area contributed by atoms with E-state index in [1.165, 1.54) is 20.8 Å². The molecule has 0 N–H and O–H groups in total. The Labute approximate surface area is 162 Å². The number of rotatable bonds is 8. The van der Waals surface area contributed by atoms with Crippen molar-refractivity contribution in [3.63, 3.8) is 0 Å². The van der Waals surface area contributed by atoms with E-state index in [0.717, 1.165) is 0 Å². The topological polar surface area (TPSA) is 107 Å². The fourth-order valence-corrected chi connectivity index (χ4v) is 2.79. The van der Waals surface area contributed by atoms with Crippen LogP contribution < -0.4 is 9.47 Å². The molecule has 154 valence electrons. The largest absolute Gasteiger partial charge is 0.497 e. The first-order valence-corrected chi connectivity index (χ1v) is 8.70. The van der Waals surface area contributed by atoms with Crippen LogP contribution >= 0.6 is 0 Å². The molecule has 9 nitrogen and oxygen atoms in total. The average molecular weight is 396 g/mol. The Balaban J connectivity index is 2.12. The molecule has 1 fully saturated rings. The number of hydrogen-bond acceptors (Lipinski definition) is 9. The lowest BCUT2D eigenvalue weighted by Gasteiger charge is -2.23. The number of carbonyl (C=O) groups excluding carboxylic acids is 3. The Bertz CT molecular complexity index is 685. The number of benzene rings is 1. The van der Waals surface area contributed by atoms with Crippen molar-refractivity contribution >= 4 is 17.9 Å². The van der Waals surface area contributed by atoms with Crippen LogP contribution in [-0.4, -0.2) is 62.6 Å². The third-order valence-corrected chi connectivity index (χ3v) is 3.93. The van der Waals surface area contributed by atoms with Crippen LogP contribution in [0.3, 0.4) is 0 Å². The molecular weight excluding hydrogens is 372 g/mol. The number of ether oxygens (including phenoxy) is 6. The summed E-state index contributed by atoms with van der Waals surface area (Å²) in [5, 5.41) is 0. The predicted octanol–water partition coefficient (Wildman–Crippen LogP) is 1.27. The van der Waals surface area contributed by atoms with E-state index < -0.39 is 42.3 Å². The highest BCUT2D eigenvalue weighted by molar-refractivity contribution is 5.68. The molecular formula is C19H24O9. The van der Waals surface area contributed by atoms with Crippen molar-refractivity contribution in [2.24, 2.45) is 0 Å². The van der Waals surface area contributed by atoms with Crippen LogP contribution in [0.4, 0.5) is 0 Å². The molecule has 0 spiro atoms. The lowest BCUT2D eigenvalue weighted by molar-refractivity contribution is -0.165. The minimum absolute atomic E-state index is 0.0264. The van der Waals surface area contributed by atoms with Crippen molar-refractivity contribution in [1.82, 2.24) is 0 Å². The predicted molar refractivity (Wildman–Crippen MR) is 94.9 cm³/mol. The zero-order chi connectivity index (χ0) is 20.7. The molecule has 0 bridgehead atoms. The summed E-state index contributed by atoms with van der Waals surface area (Å²) in [6, 6.07) is 6.90. The smallest absolute Gasteiger partial charge is 0.303 e. The highest BCUT2D eigenvalue weighted by Crippen LogP contribution is 2.28. The van der Waals surface area contributed by atoms with E-state index in [1.807, 2.05) is 0 Å². The van der Waals surface area contributed by atoms with Gasteiger partial charge in [-0.1, -0.05) is 0 Å². The molecule has 0 radical (unpaired) electrons. The molecule has 0 aromatic heterocycles. The van der Waals surface area contributed by atoms with Crippen molar-refractivity contribution < 1.29 is 42.8 Å². The molecule has 1 saturated heterocycles. The van der Waals surface area contributed by atoms with E-state index >= 15 is 0 Å². The van der Waals surface area contributed by atoms with E-state index in [0.29, 0.717) is 11.5 Å². The van der Waals surface area contributed by atoms with Crippen LogP contribution in [0, 0.1) is 0 Å². The van der Waals surface area contributed by atoms with Gasteiger partial charge in [-0.2, -0.15) is 0 Å². The van der Waals surface area contributed by atoms with Gasteiger partial charge >= 0.3 is 17.9 Å². The Morgan fingerprint density at radius 1 is 0.821 bits per heavy atom. The van der Waals surface area contributed by atoms with Crippen LogP contribution in [0.2, 0.25) is 0 Å². The maximum atomic E-state index is 11.5. The number of carbonyl (C=O) groups is 3. The fourth-order valence-electron chi connectivity index (χ4n) is 2.79. The summed E-state index contributed by atoms with van der Waals surface area (Å²) in [6.07, 6.45) is -3.34. The standard InChI is InChI=1S/C19H24O9/c1-11(20)24-9-16-18(26-12(2)21)19(27-13(3)22)17(28-16)10-25-15-7-5-14(23-4)6-8-15/h5-8,16-19H,9-10H2,1-4H3/t16-,17?,18-,19+/m1/s1. The quantitative estimate of drug-likeness (QED) is 0.474. The SMILES string of the molecule is COc1ccc(OCC2O[C@H](COC(C)=O)[C@@H](OC(C)=O)[C@H]2OC(C)=O)cc1. The van der Waals surface area contributed by atoms with Gasteiger partial charge in [0.1, 0.15) is 36.9 Å². The minimum atomic E-state index is -0.926. The molecule has 1 unspecified atom stereocenters. The third kappa shape index (κ3) is 6.12. The monoisotopic (exact) mass is 396 g/mol. The van der Waals surface area contributed by atoms with E-state index in [4.69, 9.17) is 28.4 Å². The minimum Gasteiger partial charge on any atom is -0.497 e. The van der Waals surface area contributed by atoms with Gasteiger partial charge in [0, 0.05) is 20.8 Å². The number of hydrogen-bond donors (Lipinski definition) is 0. The van der Waals surface area contributed by atoms with Crippen molar-refractivity contribution in [2.75, 3.05) is 20.3 Å². The van der Waals surface area contributed by atoms with Gasteiger partial charge < -0.3 is 28.4 Å². The van der Waals surface area contributed by atoms with Gasteiger partial charge in [-0.25, -0.2) is 0 Å². The summed E-state index contributed by atoms with van der Waals surface area (Å²) in [5.41, 5.74) is 0. The first-order chi connectivity index (χ1) is 13.3. The average Bonchev–Trinajstić information content (AvgIpc) is 2.94. The molecule has 0 aliphatic carbocycles. The first-order valence-electron chi connectivity index (χ1n) is 8.70. The summed E-state index contributed by atoms with van der Waals surface area (Å²) in [7, 11) is 1.56. The Morgan fingerprint density at radius 3 is 1.79 bits per heavy atom. The summed E-state index contributed by atoms with van der Waals surface area (Å²) in [5.74, 6) is -0.409. The van der Waals surface area contributed by atoms with Crippen LogP contribution in [0.25, 0.3) is 0 Å². The Morgan fingerprint density at radius 2 is 1.32 bits per heavy atom. The lowest BCUT2D eigenvalue weighted by atomic mass is 10.1. The molecule has 0 amide bonds. The summed E-state index contributed by atoms with van der Waals surface area (Å²) >= 11 is 0. The van der Waals surface area contributed by atoms with Crippen LogP contribution in [0.1, 0.15) is 20.8 Å². The second-order valence-corrected chi connectivity index (χ2v) is 6.15. The molecule has 1 aromatic rings. The van der Waals surface area contributed by atoms with Crippen LogP contribution in [0.15, 0.2) is 24.3 Å². The van der Waals surface area contributed by atoms with Gasteiger partial charge in [0.05, 0.1) is 7.11 Å². The zero-order valence-electron chi connectivity index (χ0n) is 16.2. The van der Waals surface area contributed by atoms with Crippen molar-refractivity contribution in [3.05, 3.63) is 24.3 Å². The van der Waals surface area contributed by atoms with Gasteiger partial charge in [-0.15, -0.1) is 0 Å². The van der Waals surface area contributed by atoms with E-state index in [1.54, 1.807) is 31.4 Å². The molecule has 1 heterocycles. The van der Waals surface area contributed by atoms with Gasteiger partial charge in [-0.3, -0.25) is 14.4 Å². The number of methoxy groups -OCH3 is 1. The summed E-state index contributed by atoms with van der Waals surface area (Å²) in [4.78, 5) is 34.2. The molecule has 2 rings (SSSR count). The van der Waals surface area contributed by atoms with Crippen LogP contribution in [-0.2, 0) is 33.3 Å². The maximum absolute atomic E-state index is 11.5. The summed E-state index contributed by atoms with van der Waals surface area (Å²) < 4.78 is 32.2. The first kappa shape index (κ1) is 21.5. The van der Waals surface area contributed by atoms with Crippen LogP contribution in [0.5, 0.6) is 11.5 Å². The Hall–Kier alpha value is -2.81. The molecule has 28 heavy (non-hydrogen) atoms. The molecule has 1 aliphatic rings. The zero-order valence-corrected chi connectivity index (χ0v) is 16.2.